The van der Waals surface area contributed by atoms with E-state index in [1.54, 1.807) is 12.1 Å². The van der Waals surface area contributed by atoms with E-state index in [4.69, 9.17) is 14.3 Å². The van der Waals surface area contributed by atoms with Crippen molar-refractivity contribution in [3.8, 4) is 11.5 Å². The van der Waals surface area contributed by atoms with Crippen molar-refractivity contribution in [1.82, 2.24) is 4.90 Å². The summed E-state index contributed by atoms with van der Waals surface area (Å²) in [5.41, 5.74) is 2.37. The highest BCUT2D eigenvalue weighted by molar-refractivity contribution is 6.06. The summed E-state index contributed by atoms with van der Waals surface area (Å²) in [7, 11) is 0. The van der Waals surface area contributed by atoms with Gasteiger partial charge in [-0.2, -0.15) is 0 Å². The number of imide groups is 1. The van der Waals surface area contributed by atoms with Crippen molar-refractivity contribution in [3.63, 3.8) is 0 Å². The molecule has 4 aliphatic rings. The average molecular weight is 493 g/mol. The molecule has 9 nitrogen and oxygen atoms in total. The Kier molecular flexibility index (Phi) is 5.89. The van der Waals surface area contributed by atoms with Gasteiger partial charge in [-0.15, -0.1) is 0 Å². The van der Waals surface area contributed by atoms with Crippen molar-refractivity contribution in [2.24, 2.45) is 28.8 Å². The second-order valence-corrected chi connectivity index (χ2v) is 9.95. The molecule has 0 spiro atoms. The fourth-order valence-corrected chi connectivity index (χ4v) is 6.18. The fraction of sp³-hybridized carbons (Fsp3) is 0.444. The van der Waals surface area contributed by atoms with Gasteiger partial charge in [0.1, 0.15) is 6.61 Å². The van der Waals surface area contributed by atoms with Crippen LogP contribution in [0.5, 0.6) is 11.5 Å². The van der Waals surface area contributed by atoms with E-state index in [1.807, 2.05) is 36.4 Å². The van der Waals surface area contributed by atoms with Gasteiger partial charge in [0.15, 0.2) is 11.5 Å². The first-order valence-electron chi connectivity index (χ1n) is 12.3. The number of fused-ring (bicyclic) bond motifs is 4. The lowest BCUT2D eigenvalue weighted by molar-refractivity contribution is -0.142. The van der Waals surface area contributed by atoms with Crippen LogP contribution >= 0.6 is 0 Å². The summed E-state index contributed by atoms with van der Waals surface area (Å²) in [5.74, 6) is -1.36. The zero-order chi connectivity index (χ0) is 24.8. The summed E-state index contributed by atoms with van der Waals surface area (Å²) in [6.07, 6.45) is -0.889. The number of aliphatic hydroxyl groups is 2. The van der Waals surface area contributed by atoms with Crippen LogP contribution in [0.25, 0.3) is 0 Å². The van der Waals surface area contributed by atoms with Gasteiger partial charge >= 0.3 is 0 Å². The highest BCUT2D eigenvalue weighted by Gasteiger charge is 2.59. The largest absolute Gasteiger partial charge is 0.454 e. The van der Waals surface area contributed by atoms with E-state index in [-0.39, 0.29) is 44.1 Å². The molecule has 188 valence electrons. The lowest BCUT2D eigenvalue weighted by Crippen LogP contribution is -2.54. The maximum absolute atomic E-state index is 13.6. The van der Waals surface area contributed by atoms with E-state index in [2.05, 4.69) is 5.16 Å². The molecule has 0 radical (unpaired) electrons. The predicted octanol–water partition coefficient (Wildman–Crippen LogP) is 2.24. The molecule has 0 aromatic heterocycles. The molecule has 3 fully saturated rings. The van der Waals surface area contributed by atoms with Gasteiger partial charge in [0.05, 0.1) is 36.3 Å². The number of hydrogen-bond donors (Lipinski definition) is 2. The van der Waals surface area contributed by atoms with Crippen molar-refractivity contribution < 1.29 is 34.1 Å². The highest BCUT2D eigenvalue weighted by atomic mass is 16.7. The summed E-state index contributed by atoms with van der Waals surface area (Å²) in [4.78, 5) is 33.8. The van der Waals surface area contributed by atoms with Crippen LogP contribution in [0.2, 0.25) is 0 Å². The molecule has 6 atom stereocenters. The topological polar surface area (TPSA) is 118 Å². The number of carbonyl (C=O) groups is 2. The molecule has 0 bridgehead atoms. The minimum Gasteiger partial charge on any atom is -0.454 e. The number of nitrogens with zero attached hydrogens (tertiary/aromatic N) is 2. The highest BCUT2D eigenvalue weighted by Crippen LogP contribution is 2.50. The Balaban J connectivity index is 1.22. The molecule has 2 amide bonds. The summed E-state index contributed by atoms with van der Waals surface area (Å²) < 4.78 is 10.8. The Hall–Kier alpha value is -3.43. The molecule has 9 heteroatoms. The van der Waals surface area contributed by atoms with Crippen LogP contribution in [0.1, 0.15) is 30.4 Å². The van der Waals surface area contributed by atoms with Crippen molar-refractivity contribution in [3.05, 3.63) is 59.7 Å². The van der Waals surface area contributed by atoms with Crippen LogP contribution in [-0.4, -0.2) is 51.6 Å². The van der Waals surface area contributed by atoms with Crippen molar-refractivity contribution in [1.29, 1.82) is 0 Å². The van der Waals surface area contributed by atoms with Crippen LogP contribution in [0.4, 0.5) is 0 Å². The summed E-state index contributed by atoms with van der Waals surface area (Å²) in [6, 6.07) is 15.0. The Morgan fingerprint density at radius 1 is 0.944 bits per heavy atom. The lowest BCUT2D eigenvalue weighted by atomic mass is 9.60. The van der Waals surface area contributed by atoms with Crippen LogP contribution in [0.15, 0.2) is 53.7 Å². The van der Waals surface area contributed by atoms with Gasteiger partial charge in [-0.25, -0.2) is 0 Å². The Morgan fingerprint density at radius 2 is 1.72 bits per heavy atom. The van der Waals surface area contributed by atoms with E-state index >= 15 is 0 Å². The number of amides is 2. The van der Waals surface area contributed by atoms with Crippen molar-refractivity contribution in [2.75, 3.05) is 6.79 Å². The van der Waals surface area contributed by atoms with Crippen molar-refractivity contribution in [2.45, 2.75) is 44.6 Å². The molecule has 36 heavy (non-hydrogen) atoms. The zero-order valence-electron chi connectivity index (χ0n) is 19.7. The first-order valence-corrected chi connectivity index (χ1v) is 12.3. The van der Waals surface area contributed by atoms with Gasteiger partial charge < -0.3 is 24.5 Å². The van der Waals surface area contributed by atoms with E-state index < -0.39 is 30.0 Å². The molecule has 2 saturated carbocycles. The zero-order valence-corrected chi connectivity index (χ0v) is 19.7. The van der Waals surface area contributed by atoms with E-state index in [0.717, 1.165) is 11.1 Å². The number of likely N-dealkylation sites (tertiary alicyclic amines) is 1. The molecule has 1 saturated heterocycles. The lowest BCUT2D eigenvalue weighted by Gasteiger charge is -2.45. The molecule has 2 aromatic carbocycles. The smallest absolute Gasteiger partial charge is 0.233 e. The Morgan fingerprint density at radius 3 is 2.56 bits per heavy atom. The molecule has 2 heterocycles. The molecular formula is C27H28N2O7. The summed E-state index contributed by atoms with van der Waals surface area (Å²) in [5, 5.41) is 25.9. The number of hydrogen-bond acceptors (Lipinski definition) is 8. The minimum atomic E-state index is -1.11. The van der Waals surface area contributed by atoms with Gasteiger partial charge in [0.25, 0.3) is 0 Å². The van der Waals surface area contributed by atoms with E-state index in [9.17, 15) is 19.8 Å². The SMILES string of the molecule is O=C1[C@H]2[C@H]3[C@H](O)[C@H](O)C/C(=N/OCc4ccccc4)[C@H]3CC[C@@H]2C(=O)N1Cc1ccc2c(c1)OCO2. The number of ether oxygens (including phenoxy) is 2. The third kappa shape index (κ3) is 3.92. The Labute approximate surface area is 208 Å². The van der Waals surface area contributed by atoms with Gasteiger partial charge in [0.2, 0.25) is 18.6 Å². The summed E-state index contributed by atoms with van der Waals surface area (Å²) in [6.45, 7) is 0.554. The quantitative estimate of drug-likeness (QED) is 0.486. The number of aliphatic hydroxyl groups excluding tert-OH is 2. The maximum Gasteiger partial charge on any atom is 0.233 e. The molecule has 2 N–H and O–H groups in total. The first kappa shape index (κ1) is 23.0. The molecular weight excluding hydrogens is 464 g/mol. The molecule has 2 aromatic rings. The predicted molar refractivity (Wildman–Crippen MR) is 127 cm³/mol. The number of oxime groups is 1. The second kappa shape index (κ2) is 9.22. The third-order valence-corrected chi connectivity index (χ3v) is 7.90. The molecule has 0 unspecified atom stereocenters. The van der Waals surface area contributed by atoms with Gasteiger partial charge in [0, 0.05) is 18.3 Å². The minimum absolute atomic E-state index is 0.123. The van der Waals surface area contributed by atoms with Gasteiger partial charge in [-0.3, -0.25) is 14.5 Å². The van der Waals surface area contributed by atoms with E-state index in [1.165, 1.54) is 4.90 Å². The third-order valence-electron chi connectivity index (χ3n) is 7.90. The normalized spacial score (nSPS) is 31.9. The number of carbonyl (C=O) groups excluding carboxylic acids is 2. The average Bonchev–Trinajstić information content (AvgIpc) is 3.45. The standard InChI is InChI=1S/C27H28N2O7/c30-20-11-19(28-36-13-15-4-2-1-3-5-15)17-7-8-18-24(23(17)25(20)31)27(33)29(26(18)32)12-16-6-9-21-22(10-16)35-14-34-21/h1-6,9-10,17-18,20,23-25,30-31H,7-8,11-14H2/b28-19-/t17-,18+,20-,23+,24-,25-/m1/s1. The fourth-order valence-electron chi connectivity index (χ4n) is 6.18. The second-order valence-electron chi connectivity index (χ2n) is 9.95. The van der Waals surface area contributed by atoms with Crippen LogP contribution < -0.4 is 9.47 Å². The maximum atomic E-state index is 13.6. The molecule has 2 aliphatic heterocycles. The van der Waals surface area contributed by atoms with Crippen LogP contribution in [0.3, 0.4) is 0 Å². The van der Waals surface area contributed by atoms with Gasteiger partial charge in [-0.1, -0.05) is 41.6 Å². The summed E-state index contributed by atoms with van der Waals surface area (Å²) >= 11 is 0. The molecule has 6 rings (SSSR count). The Bertz CT molecular complexity index is 1200. The van der Waals surface area contributed by atoms with Crippen LogP contribution in [-0.2, 0) is 27.6 Å². The first-order chi connectivity index (χ1) is 17.5. The number of rotatable bonds is 5. The van der Waals surface area contributed by atoms with Crippen LogP contribution in [0, 0.1) is 23.7 Å². The van der Waals surface area contributed by atoms with Gasteiger partial charge in [-0.05, 0) is 36.1 Å². The van der Waals surface area contributed by atoms with Crippen molar-refractivity contribution >= 4 is 17.5 Å². The number of benzene rings is 2. The monoisotopic (exact) mass is 492 g/mol. The molecule has 2 aliphatic carbocycles. The van der Waals surface area contributed by atoms with E-state index in [0.29, 0.717) is 30.1 Å².